The maximum atomic E-state index is 11.7. The summed E-state index contributed by atoms with van der Waals surface area (Å²) in [6.45, 7) is 1.86. The zero-order chi connectivity index (χ0) is 11.9. The maximum absolute atomic E-state index is 11.7. The van der Waals surface area contributed by atoms with E-state index in [1.165, 1.54) is 0 Å². The predicted octanol–water partition coefficient (Wildman–Crippen LogP) is 2.08. The van der Waals surface area contributed by atoms with Crippen molar-refractivity contribution in [3.05, 3.63) is 0 Å². The normalized spacial score (nSPS) is 13.9. The molecule has 0 radical (unpaired) electrons. The molecule has 0 spiro atoms. The van der Waals surface area contributed by atoms with Crippen molar-refractivity contribution in [2.75, 3.05) is 12.3 Å². The number of hydrogen-bond acceptors (Lipinski definition) is 3. The molecule has 0 rings (SSSR count). The molecule has 0 aromatic heterocycles. The summed E-state index contributed by atoms with van der Waals surface area (Å²) >= 11 is -0.150. The van der Waals surface area contributed by atoms with E-state index >= 15 is 0 Å². The third kappa shape index (κ3) is 8.56. The van der Waals surface area contributed by atoms with Crippen molar-refractivity contribution in [1.82, 2.24) is 5.32 Å². The van der Waals surface area contributed by atoms with Crippen LogP contribution in [0.4, 0.5) is 13.2 Å². The van der Waals surface area contributed by atoms with Crippen molar-refractivity contribution in [2.24, 2.45) is 0 Å². The average molecular weight is 245 g/mol. The molecular formula is C8H14F3NO2S. The fourth-order valence-electron chi connectivity index (χ4n) is 1.00. The standard InChI is InChI=1S/C8H14F3NO2S/c1-2-3-6(7(13)14)12-4-5-15-8(9,10)11/h6,12H,2-5H2,1H3,(H,13,14). The Morgan fingerprint density at radius 3 is 2.53 bits per heavy atom. The van der Waals surface area contributed by atoms with Crippen LogP contribution in [0.2, 0.25) is 0 Å². The fraction of sp³-hybridized carbons (Fsp3) is 0.875. The molecule has 90 valence electrons. The Hall–Kier alpha value is -0.430. The van der Waals surface area contributed by atoms with Crippen LogP contribution in [0.15, 0.2) is 0 Å². The minimum atomic E-state index is -4.24. The zero-order valence-corrected chi connectivity index (χ0v) is 9.12. The minimum Gasteiger partial charge on any atom is -0.480 e. The quantitative estimate of drug-likeness (QED) is 0.674. The first-order valence-electron chi connectivity index (χ1n) is 4.53. The van der Waals surface area contributed by atoms with E-state index in [0.717, 1.165) is 0 Å². The number of halogens is 3. The lowest BCUT2D eigenvalue weighted by atomic mass is 10.2. The van der Waals surface area contributed by atoms with Gasteiger partial charge in [-0.1, -0.05) is 13.3 Å². The van der Waals surface area contributed by atoms with Gasteiger partial charge >= 0.3 is 11.5 Å². The monoisotopic (exact) mass is 245 g/mol. The first-order chi connectivity index (χ1) is 6.87. The van der Waals surface area contributed by atoms with Crippen LogP contribution in [0.3, 0.4) is 0 Å². The molecule has 0 fully saturated rings. The number of nitrogens with one attached hydrogen (secondary N) is 1. The van der Waals surface area contributed by atoms with Gasteiger partial charge in [-0.05, 0) is 18.2 Å². The van der Waals surface area contributed by atoms with Crippen LogP contribution in [-0.2, 0) is 4.79 Å². The molecule has 0 aliphatic heterocycles. The molecule has 0 aliphatic carbocycles. The van der Waals surface area contributed by atoms with E-state index in [2.05, 4.69) is 5.32 Å². The van der Waals surface area contributed by atoms with Crippen LogP contribution in [0.1, 0.15) is 19.8 Å². The Labute approximate surface area is 90.4 Å². The van der Waals surface area contributed by atoms with Crippen molar-refractivity contribution >= 4 is 17.7 Å². The molecule has 0 aromatic carbocycles. The summed E-state index contributed by atoms with van der Waals surface area (Å²) in [5.74, 6) is -1.19. The summed E-state index contributed by atoms with van der Waals surface area (Å²) in [5.41, 5.74) is -4.24. The number of thioether (sulfide) groups is 1. The third-order valence-electron chi connectivity index (χ3n) is 1.63. The second-order valence-electron chi connectivity index (χ2n) is 2.93. The first-order valence-corrected chi connectivity index (χ1v) is 5.52. The number of rotatable bonds is 7. The van der Waals surface area contributed by atoms with Gasteiger partial charge in [0, 0.05) is 12.3 Å². The average Bonchev–Trinajstić information content (AvgIpc) is 2.08. The van der Waals surface area contributed by atoms with Gasteiger partial charge in [-0.25, -0.2) is 0 Å². The number of carbonyl (C=O) groups is 1. The summed E-state index contributed by atoms with van der Waals surface area (Å²) in [5, 5.41) is 11.2. The number of aliphatic carboxylic acids is 1. The highest BCUT2D eigenvalue weighted by Crippen LogP contribution is 2.29. The third-order valence-corrected chi connectivity index (χ3v) is 2.37. The van der Waals surface area contributed by atoms with Crippen LogP contribution in [-0.4, -0.2) is 34.9 Å². The Morgan fingerprint density at radius 2 is 2.13 bits per heavy atom. The van der Waals surface area contributed by atoms with Gasteiger partial charge in [-0.2, -0.15) is 13.2 Å². The van der Waals surface area contributed by atoms with Crippen molar-refractivity contribution < 1.29 is 23.1 Å². The lowest BCUT2D eigenvalue weighted by Crippen LogP contribution is -2.38. The molecule has 2 N–H and O–H groups in total. The van der Waals surface area contributed by atoms with Crippen LogP contribution in [0.5, 0.6) is 0 Å². The Bertz CT molecular complexity index is 199. The van der Waals surface area contributed by atoms with Crippen LogP contribution >= 0.6 is 11.8 Å². The fourth-order valence-corrected chi connectivity index (χ4v) is 1.45. The van der Waals surface area contributed by atoms with Crippen molar-refractivity contribution in [3.8, 4) is 0 Å². The largest absolute Gasteiger partial charge is 0.480 e. The van der Waals surface area contributed by atoms with Crippen LogP contribution in [0, 0.1) is 0 Å². The summed E-state index contributed by atoms with van der Waals surface area (Å²) in [4.78, 5) is 10.6. The van der Waals surface area contributed by atoms with Gasteiger partial charge < -0.3 is 10.4 Å². The van der Waals surface area contributed by atoms with E-state index in [4.69, 9.17) is 5.11 Å². The molecule has 15 heavy (non-hydrogen) atoms. The molecule has 1 unspecified atom stereocenters. The van der Waals surface area contributed by atoms with Gasteiger partial charge in [-0.3, -0.25) is 4.79 Å². The number of alkyl halides is 3. The molecule has 0 heterocycles. The van der Waals surface area contributed by atoms with E-state index in [0.29, 0.717) is 12.8 Å². The summed E-state index contributed by atoms with van der Waals surface area (Å²) in [7, 11) is 0. The second kappa shape index (κ2) is 6.95. The minimum absolute atomic E-state index is 0.0428. The molecule has 0 aromatic rings. The van der Waals surface area contributed by atoms with Gasteiger partial charge in [0.05, 0.1) is 0 Å². The van der Waals surface area contributed by atoms with E-state index in [-0.39, 0.29) is 24.1 Å². The Kier molecular flexibility index (Phi) is 6.75. The van der Waals surface area contributed by atoms with Crippen molar-refractivity contribution in [2.45, 2.75) is 31.3 Å². The topological polar surface area (TPSA) is 49.3 Å². The molecule has 0 bridgehead atoms. The summed E-state index contributed by atoms with van der Waals surface area (Å²) in [6.07, 6.45) is 1.10. The highest BCUT2D eigenvalue weighted by molar-refractivity contribution is 8.00. The molecule has 1 atom stereocenters. The first kappa shape index (κ1) is 14.6. The van der Waals surface area contributed by atoms with Crippen LogP contribution < -0.4 is 5.32 Å². The van der Waals surface area contributed by atoms with Crippen molar-refractivity contribution in [1.29, 1.82) is 0 Å². The van der Waals surface area contributed by atoms with Gasteiger partial charge in [0.1, 0.15) is 6.04 Å². The highest BCUT2D eigenvalue weighted by Gasteiger charge is 2.27. The SMILES string of the molecule is CCCC(NCCSC(F)(F)F)C(=O)O. The molecule has 0 saturated carbocycles. The molecular weight excluding hydrogens is 231 g/mol. The lowest BCUT2D eigenvalue weighted by molar-refractivity contribution is -0.139. The van der Waals surface area contributed by atoms with Gasteiger partial charge in [0.25, 0.3) is 0 Å². The number of carboxylic acid groups (broad SMARTS) is 1. The Balaban J connectivity index is 3.67. The van der Waals surface area contributed by atoms with Gasteiger partial charge in [0.2, 0.25) is 0 Å². The predicted molar refractivity (Wildman–Crippen MR) is 52.8 cm³/mol. The van der Waals surface area contributed by atoms with Gasteiger partial charge in [0.15, 0.2) is 0 Å². The lowest BCUT2D eigenvalue weighted by Gasteiger charge is -2.13. The molecule has 0 aliphatic rings. The molecule has 0 saturated heterocycles. The Morgan fingerprint density at radius 1 is 1.53 bits per heavy atom. The number of hydrogen-bond donors (Lipinski definition) is 2. The number of carboxylic acids is 1. The van der Waals surface area contributed by atoms with E-state index < -0.39 is 17.5 Å². The van der Waals surface area contributed by atoms with E-state index in [9.17, 15) is 18.0 Å². The van der Waals surface area contributed by atoms with Crippen molar-refractivity contribution in [3.63, 3.8) is 0 Å². The maximum Gasteiger partial charge on any atom is 0.441 e. The highest BCUT2D eigenvalue weighted by atomic mass is 32.2. The molecule has 3 nitrogen and oxygen atoms in total. The second-order valence-corrected chi connectivity index (χ2v) is 4.09. The molecule has 7 heteroatoms. The zero-order valence-electron chi connectivity index (χ0n) is 8.30. The van der Waals surface area contributed by atoms with Gasteiger partial charge in [-0.15, -0.1) is 0 Å². The summed E-state index contributed by atoms with van der Waals surface area (Å²) < 4.78 is 35.1. The van der Waals surface area contributed by atoms with E-state index in [1.807, 2.05) is 6.92 Å². The summed E-state index contributed by atoms with van der Waals surface area (Å²) in [6, 6.07) is -0.746. The van der Waals surface area contributed by atoms with Crippen LogP contribution in [0.25, 0.3) is 0 Å². The molecule has 0 amide bonds. The van der Waals surface area contributed by atoms with E-state index in [1.54, 1.807) is 0 Å². The smallest absolute Gasteiger partial charge is 0.441 e.